The lowest BCUT2D eigenvalue weighted by atomic mass is 10.4. The first-order valence-corrected chi connectivity index (χ1v) is 3.63. The molecule has 0 heterocycles. The van der Waals surface area contributed by atoms with E-state index in [2.05, 4.69) is 0 Å². The summed E-state index contributed by atoms with van der Waals surface area (Å²) >= 11 is 0. The topological polar surface area (TPSA) is 18.5 Å². The molecule has 3 heteroatoms. The minimum atomic E-state index is -0.346. The second kappa shape index (κ2) is 3.22. The van der Waals surface area contributed by atoms with Crippen LogP contribution in [0.2, 0.25) is 0 Å². The Morgan fingerprint density at radius 1 is 1.50 bits per heavy atom. The van der Waals surface area contributed by atoms with Crippen LogP contribution in [0, 0.1) is 0 Å². The molecular formula is C5H14O2Si. The minimum Gasteiger partial charge on any atom is -0.402 e. The summed E-state index contributed by atoms with van der Waals surface area (Å²) < 4.78 is 10.3. The van der Waals surface area contributed by atoms with Crippen LogP contribution in [0.25, 0.3) is 0 Å². The van der Waals surface area contributed by atoms with Gasteiger partial charge in [0.1, 0.15) is 10.5 Å². The second-order valence-corrected chi connectivity index (χ2v) is 2.45. The number of ether oxygens (including phenoxy) is 1. The van der Waals surface area contributed by atoms with E-state index in [1.165, 1.54) is 0 Å². The molecule has 0 atom stereocenters. The molecule has 0 N–H and O–H groups in total. The van der Waals surface area contributed by atoms with E-state index in [1.54, 1.807) is 0 Å². The van der Waals surface area contributed by atoms with Gasteiger partial charge in [-0.1, -0.05) is 0 Å². The van der Waals surface area contributed by atoms with Gasteiger partial charge in [-0.25, -0.2) is 0 Å². The Morgan fingerprint density at radius 3 is 2.12 bits per heavy atom. The van der Waals surface area contributed by atoms with E-state index in [0.29, 0.717) is 0 Å². The third kappa shape index (κ3) is 3.18. The quantitative estimate of drug-likeness (QED) is 0.401. The molecule has 0 aliphatic rings. The van der Waals surface area contributed by atoms with Crippen molar-refractivity contribution < 1.29 is 9.16 Å². The third-order valence-corrected chi connectivity index (χ3v) is 1.97. The summed E-state index contributed by atoms with van der Waals surface area (Å²) in [4.78, 5) is 0. The van der Waals surface area contributed by atoms with E-state index in [-0.39, 0.29) is 5.79 Å². The van der Waals surface area contributed by atoms with Crippen LogP contribution in [0.3, 0.4) is 0 Å². The fourth-order valence-corrected chi connectivity index (χ4v) is 0.524. The molecule has 0 aromatic rings. The van der Waals surface area contributed by atoms with Gasteiger partial charge in [0, 0.05) is 6.61 Å². The summed E-state index contributed by atoms with van der Waals surface area (Å²) in [7, 11) is 0.737. The van der Waals surface area contributed by atoms with Crippen LogP contribution < -0.4 is 0 Å². The van der Waals surface area contributed by atoms with Crippen molar-refractivity contribution in [2.24, 2.45) is 0 Å². The summed E-state index contributed by atoms with van der Waals surface area (Å²) in [6.45, 7) is 6.52. The predicted octanol–water partition coefficient (Wildman–Crippen LogP) is 0.0560. The number of rotatable bonds is 3. The summed E-state index contributed by atoms with van der Waals surface area (Å²) in [6.07, 6.45) is 0. The van der Waals surface area contributed by atoms with E-state index in [0.717, 1.165) is 17.1 Å². The van der Waals surface area contributed by atoms with Crippen molar-refractivity contribution in [2.45, 2.75) is 26.6 Å². The van der Waals surface area contributed by atoms with Crippen molar-refractivity contribution >= 4 is 10.5 Å². The minimum absolute atomic E-state index is 0.346. The largest absolute Gasteiger partial charge is 0.402 e. The Kier molecular flexibility index (Phi) is 3.27. The highest BCUT2D eigenvalue weighted by molar-refractivity contribution is 5.98. The van der Waals surface area contributed by atoms with Gasteiger partial charge in [0.05, 0.1) is 0 Å². The Morgan fingerprint density at radius 2 is 2.00 bits per heavy atom. The smallest absolute Gasteiger partial charge is 0.152 e. The Hall–Kier alpha value is 0.137. The van der Waals surface area contributed by atoms with Gasteiger partial charge in [0.2, 0.25) is 0 Å². The van der Waals surface area contributed by atoms with Crippen LogP contribution in [-0.2, 0) is 9.16 Å². The van der Waals surface area contributed by atoms with Gasteiger partial charge < -0.3 is 9.16 Å². The molecule has 2 nitrogen and oxygen atoms in total. The molecule has 0 fully saturated rings. The lowest BCUT2D eigenvalue weighted by Gasteiger charge is -2.22. The van der Waals surface area contributed by atoms with Gasteiger partial charge in [-0.3, -0.25) is 0 Å². The summed E-state index contributed by atoms with van der Waals surface area (Å²) in [5.41, 5.74) is 0. The fourth-order valence-electron chi connectivity index (χ4n) is 0.407. The molecule has 0 aromatic carbocycles. The second-order valence-electron chi connectivity index (χ2n) is 2.04. The molecule has 50 valence electrons. The van der Waals surface area contributed by atoms with Gasteiger partial charge in [-0.15, -0.1) is 0 Å². The average molecular weight is 134 g/mol. The van der Waals surface area contributed by atoms with Crippen molar-refractivity contribution in [1.82, 2.24) is 0 Å². The SMILES string of the molecule is CCOC(C)(C)O[SiH3]. The van der Waals surface area contributed by atoms with Crippen LogP contribution >= 0.6 is 0 Å². The lowest BCUT2D eigenvalue weighted by molar-refractivity contribution is -0.149. The van der Waals surface area contributed by atoms with Crippen molar-refractivity contribution in [3.05, 3.63) is 0 Å². The predicted molar refractivity (Wildman–Crippen MR) is 36.7 cm³/mol. The zero-order chi connectivity index (χ0) is 6.62. The van der Waals surface area contributed by atoms with Crippen LogP contribution in [0.15, 0.2) is 0 Å². The fraction of sp³-hybridized carbons (Fsp3) is 1.00. The van der Waals surface area contributed by atoms with Crippen molar-refractivity contribution in [3.8, 4) is 0 Å². The first-order valence-electron chi connectivity index (χ1n) is 2.81. The van der Waals surface area contributed by atoms with Crippen molar-refractivity contribution in [3.63, 3.8) is 0 Å². The zero-order valence-electron chi connectivity index (χ0n) is 6.02. The summed E-state index contributed by atoms with van der Waals surface area (Å²) in [5, 5.41) is 0. The standard InChI is InChI=1S/C5H14O2Si/c1-4-6-5(2,3)7-8/h4H2,1-3,8H3. The first kappa shape index (κ1) is 8.14. The molecule has 0 radical (unpaired) electrons. The van der Waals surface area contributed by atoms with E-state index in [1.807, 2.05) is 20.8 Å². The molecule has 8 heavy (non-hydrogen) atoms. The van der Waals surface area contributed by atoms with Crippen LogP contribution in [0.5, 0.6) is 0 Å². The summed E-state index contributed by atoms with van der Waals surface area (Å²) in [5.74, 6) is -0.346. The maximum atomic E-state index is 5.19. The molecule has 0 bridgehead atoms. The number of hydrogen-bond acceptors (Lipinski definition) is 2. The molecule has 0 aliphatic carbocycles. The highest BCUT2D eigenvalue weighted by atomic mass is 28.2. The Bertz CT molecular complexity index is 63.4. The monoisotopic (exact) mass is 134 g/mol. The molecule has 0 saturated heterocycles. The molecule has 0 aromatic heterocycles. The lowest BCUT2D eigenvalue weighted by Crippen LogP contribution is -2.26. The number of hydrogen-bond donors (Lipinski definition) is 0. The molecule has 0 aliphatic heterocycles. The Labute approximate surface area is 53.7 Å². The van der Waals surface area contributed by atoms with E-state index in [4.69, 9.17) is 9.16 Å². The Balaban J connectivity index is 3.37. The van der Waals surface area contributed by atoms with E-state index in [9.17, 15) is 0 Å². The van der Waals surface area contributed by atoms with Gasteiger partial charge in [-0.2, -0.15) is 0 Å². The zero-order valence-corrected chi connectivity index (χ0v) is 8.02. The molecule has 0 unspecified atom stereocenters. The van der Waals surface area contributed by atoms with Gasteiger partial charge >= 0.3 is 0 Å². The molecule has 0 amide bonds. The van der Waals surface area contributed by atoms with Crippen LogP contribution in [-0.4, -0.2) is 22.9 Å². The first-order chi connectivity index (χ1) is 3.62. The van der Waals surface area contributed by atoms with Gasteiger partial charge in [-0.05, 0) is 20.8 Å². The van der Waals surface area contributed by atoms with Crippen LogP contribution in [0.1, 0.15) is 20.8 Å². The van der Waals surface area contributed by atoms with E-state index < -0.39 is 0 Å². The normalized spacial score (nSPS) is 12.4. The third-order valence-electron chi connectivity index (χ3n) is 0.984. The highest BCUT2D eigenvalue weighted by Gasteiger charge is 2.13. The summed E-state index contributed by atoms with van der Waals surface area (Å²) in [6, 6.07) is 0. The highest BCUT2D eigenvalue weighted by Crippen LogP contribution is 2.07. The van der Waals surface area contributed by atoms with Gasteiger partial charge in [0.25, 0.3) is 0 Å². The molecule has 0 saturated carbocycles. The molecule has 0 rings (SSSR count). The van der Waals surface area contributed by atoms with Crippen molar-refractivity contribution in [2.75, 3.05) is 6.61 Å². The van der Waals surface area contributed by atoms with Crippen molar-refractivity contribution in [1.29, 1.82) is 0 Å². The molecule has 0 spiro atoms. The maximum absolute atomic E-state index is 5.19. The molecular weight excluding hydrogens is 120 g/mol. The average Bonchev–Trinajstić information content (AvgIpc) is 1.67. The van der Waals surface area contributed by atoms with Crippen LogP contribution in [0.4, 0.5) is 0 Å². The van der Waals surface area contributed by atoms with E-state index >= 15 is 0 Å². The maximum Gasteiger partial charge on any atom is 0.152 e. The van der Waals surface area contributed by atoms with Gasteiger partial charge in [0.15, 0.2) is 5.79 Å².